The lowest BCUT2D eigenvalue weighted by Gasteiger charge is -2.08. The minimum atomic E-state index is -4.82. The molecule has 2 aromatic heterocycles. The summed E-state index contributed by atoms with van der Waals surface area (Å²) in [6.45, 7) is 0. The number of carbonyl (C=O) groups is 2. The smallest absolute Gasteiger partial charge is 0.355 e. The van der Waals surface area contributed by atoms with Gasteiger partial charge in [-0.1, -0.05) is 18.2 Å². The fourth-order valence-corrected chi connectivity index (χ4v) is 3.11. The average molecular weight is 451 g/mol. The fourth-order valence-electron chi connectivity index (χ4n) is 2.56. The molecule has 0 fully saturated rings. The largest absolute Gasteiger partial charge is 0.365 e. The maximum atomic E-state index is 12.5. The summed E-state index contributed by atoms with van der Waals surface area (Å²) in [4.78, 5) is 27.3. The number of H-pyrrole nitrogens is 1. The van der Waals surface area contributed by atoms with E-state index in [2.05, 4.69) is 20.5 Å². The van der Waals surface area contributed by atoms with E-state index in [-0.39, 0.29) is 34.3 Å². The second kappa shape index (κ2) is 8.35. The molecule has 0 radical (unpaired) electrons. The van der Waals surface area contributed by atoms with Crippen LogP contribution in [0.2, 0.25) is 0 Å². The topological polar surface area (TPSA) is 186 Å². The van der Waals surface area contributed by atoms with Gasteiger partial charge in [0.25, 0.3) is 21.8 Å². The summed E-state index contributed by atoms with van der Waals surface area (Å²) in [6, 6.07) is 9.64. The predicted molar refractivity (Wildman–Crippen MR) is 107 cm³/mol. The summed E-state index contributed by atoms with van der Waals surface area (Å²) in [5, 5.41) is 9.37. The van der Waals surface area contributed by atoms with Crippen LogP contribution in [0.25, 0.3) is 11.3 Å². The number of nitrogens with zero attached hydrogens (tertiary/aromatic N) is 2. The van der Waals surface area contributed by atoms with Crippen LogP contribution in [0.4, 0.5) is 26.1 Å². The lowest BCUT2D eigenvalue weighted by atomic mass is 10.1. The molecule has 11 nitrogen and oxygen atoms in total. The van der Waals surface area contributed by atoms with Gasteiger partial charge in [0, 0.05) is 11.3 Å². The van der Waals surface area contributed by atoms with Gasteiger partial charge in [-0.2, -0.15) is 13.9 Å². The van der Waals surface area contributed by atoms with Crippen molar-refractivity contribution in [2.45, 2.75) is 5.76 Å². The number of aromatic nitrogens is 3. The van der Waals surface area contributed by atoms with Gasteiger partial charge in [0.1, 0.15) is 17.1 Å². The number of anilines is 3. The molecule has 3 rings (SSSR count). The van der Waals surface area contributed by atoms with Gasteiger partial charge in [0.2, 0.25) is 0 Å². The first kappa shape index (κ1) is 21.6. The highest BCUT2D eigenvalue weighted by Gasteiger charge is 2.24. The van der Waals surface area contributed by atoms with Crippen LogP contribution in [0.15, 0.2) is 42.5 Å². The van der Waals surface area contributed by atoms with Crippen molar-refractivity contribution in [3.8, 4) is 11.3 Å². The Morgan fingerprint density at radius 3 is 2.29 bits per heavy atom. The summed E-state index contributed by atoms with van der Waals surface area (Å²) in [5.41, 5.74) is 11.1. The molecule has 2 heterocycles. The number of primary amides is 2. The number of pyridine rings is 1. The second-order valence-corrected chi connectivity index (χ2v) is 7.72. The number of nitrogens with one attached hydrogen (secondary N) is 3. The van der Waals surface area contributed by atoms with Crippen LogP contribution >= 0.6 is 0 Å². The predicted octanol–water partition coefficient (Wildman–Crippen LogP) is 1.38. The van der Waals surface area contributed by atoms with E-state index in [1.807, 2.05) is 0 Å². The third-order valence-electron chi connectivity index (χ3n) is 3.93. The molecule has 0 saturated heterocycles. The van der Waals surface area contributed by atoms with E-state index in [0.717, 1.165) is 0 Å². The molecule has 3 aromatic rings. The van der Waals surface area contributed by atoms with E-state index < -0.39 is 27.6 Å². The van der Waals surface area contributed by atoms with Crippen LogP contribution in [0.3, 0.4) is 0 Å². The second-order valence-electron chi connectivity index (χ2n) is 6.07. The van der Waals surface area contributed by atoms with Gasteiger partial charge in [-0.3, -0.25) is 19.4 Å². The minimum absolute atomic E-state index is 0.0109. The molecule has 0 aliphatic rings. The van der Waals surface area contributed by atoms with Crippen molar-refractivity contribution in [3.63, 3.8) is 0 Å². The van der Waals surface area contributed by atoms with E-state index >= 15 is 0 Å². The fraction of sp³-hybridized carbons (Fsp3) is 0.0588. The van der Waals surface area contributed by atoms with Crippen LogP contribution < -0.4 is 21.5 Å². The first-order chi connectivity index (χ1) is 14.6. The summed E-state index contributed by atoms with van der Waals surface area (Å²) >= 11 is 0. The standard InChI is InChI=1S/C17H15F2N7O4S/c18-17(19)31(29,30)26-9-6-4-8(5-7-9)13-12(15(21)28)16(25-24-13)23-11-3-1-2-10(22-11)14(20)27/h1-7,17,26H,(H2,20,27)(H2,21,28)(H2,22,23,24,25). The van der Waals surface area contributed by atoms with Gasteiger partial charge in [0.05, 0.1) is 5.69 Å². The van der Waals surface area contributed by atoms with E-state index in [1.165, 1.54) is 42.5 Å². The van der Waals surface area contributed by atoms with Crippen LogP contribution in [0.5, 0.6) is 0 Å². The Morgan fingerprint density at radius 1 is 1.03 bits per heavy atom. The molecule has 0 aliphatic heterocycles. The molecule has 0 unspecified atom stereocenters. The molecule has 0 spiro atoms. The normalized spacial score (nSPS) is 11.3. The highest BCUT2D eigenvalue weighted by Crippen LogP contribution is 2.29. The zero-order chi connectivity index (χ0) is 22.8. The number of halogens is 2. The van der Waals surface area contributed by atoms with Gasteiger partial charge >= 0.3 is 5.76 Å². The van der Waals surface area contributed by atoms with Crippen molar-refractivity contribution in [1.82, 2.24) is 15.2 Å². The molecule has 0 saturated carbocycles. The molecular formula is C17H15F2N7O4S. The van der Waals surface area contributed by atoms with E-state index in [9.17, 15) is 26.8 Å². The van der Waals surface area contributed by atoms with Crippen molar-refractivity contribution >= 4 is 39.2 Å². The number of hydrogen-bond donors (Lipinski definition) is 5. The maximum absolute atomic E-state index is 12.5. The quantitative estimate of drug-likeness (QED) is 0.342. The summed E-state index contributed by atoms with van der Waals surface area (Å²) in [6.07, 6.45) is 0. The molecule has 7 N–H and O–H groups in total. The molecule has 0 atom stereocenters. The molecular weight excluding hydrogens is 436 g/mol. The molecule has 0 bridgehead atoms. The molecule has 162 valence electrons. The Labute approximate surface area is 173 Å². The van der Waals surface area contributed by atoms with Crippen molar-refractivity contribution in [2.24, 2.45) is 11.5 Å². The Kier molecular flexibility index (Phi) is 5.83. The van der Waals surface area contributed by atoms with E-state index in [0.29, 0.717) is 5.56 Å². The van der Waals surface area contributed by atoms with Crippen molar-refractivity contribution in [2.75, 3.05) is 10.0 Å². The summed E-state index contributed by atoms with van der Waals surface area (Å²) in [7, 11) is -4.82. The Balaban J connectivity index is 1.91. The monoisotopic (exact) mass is 451 g/mol. The lowest BCUT2D eigenvalue weighted by molar-refractivity contribution is 0.0989. The highest BCUT2D eigenvalue weighted by atomic mass is 32.2. The van der Waals surface area contributed by atoms with Crippen molar-refractivity contribution in [3.05, 3.63) is 53.7 Å². The van der Waals surface area contributed by atoms with Crippen LogP contribution in [0, 0.1) is 0 Å². The highest BCUT2D eigenvalue weighted by molar-refractivity contribution is 7.93. The van der Waals surface area contributed by atoms with Crippen LogP contribution in [0.1, 0.15) is 20.8 Å². The summed E-state index contributed by atoms with van der Waals surface area (Å²) < 4.78 is 49.2. The Morgan fingerprint density at radius 2 is 1.71 bits per heavy atom. The maximum Gasteiger partial charge on any atom is 0.355 e. The third-order valence-corrected chi connectivity index (χ3v) is 4.92. The zero-order valence-corrected chi connectivity index (χ0v) is 16.3. The van der Waals surface area contributed by atoms with E-state index in [4.69, 9.17) is 11.5 Å². The number of nitrogens with two attached hydrogens (primary N) is 2. The SMILES string of the molecule is NC(=O)c1cccc(Nc2n[nH]c(-c3ccc(NS(=O)(=O)C(F)F)cc3)c2C(N)=O)n1. The van der Waals surface area contributed by atoms with Gasteiger partial charge < -0.3 is 16.8 Å². The minimum Gasteiger partial charge on any atom is -0.365 e. The first-order valence-electron chi connectivity index (χ1n) is 8.41. The average Bonchev–Trinajstić information content (AvgIpc) is 3.12. The van der Waals surface area contributed by atoms with Crippen molar-refractivity contribution in [1.29, 1.82) is 0 Å². The molecule has 2 amide bonds. The molecule has 31 heavy (non-hydrogen) atoms. The molecule has 1 aromatic carbocycles. The number of carbonyl (C=O) groups excluding carboxylic acids is 2. The number of rotatable bonds is 8. The van der Waals surface area contributed by atoms with Gasteiger partial charge in [-0.15, -0.1) is 0 Å². The van der Waals surface area contributed by atoms with Gasteiger partial charge in [0.15, 0.2) is 5.82 Å². The zero-order valence-electron chi connectivity index (χ0n) is 15.5. The number of sulfonamides is 1. The van der Waals surface area contributed by atoms with Crippen molar-refractivity contribution < 1.29 is 26.8 Å². The number of amides is 2. The number of aromatic amines is 1. The van der Waals surface area contributed by atoms with E-state index in [1.54, 1.807) is 4.72 Å². The first-order valence-corrected chi connectivity index (χ1v) is 9.95. The third kappa shape index (κ3) is 4.75. The van der Waals surface area contributed by atoms with Crippen LogP contribution in [-0.4, -0.2) is 41.2 Å². The Bertz CT molecular complexity index is 1240. The number of hydrogen-bond acceptors (Lipinski definition) is 7. The number of benzene rings is 1. The summed E-state index contributed by atoms with van der Waals surface area (Å²) in [5.74, 6) is -4.99. The molecule has 0 aliphatic carbocycles. The van der Waals surface area contributed by atoms with Gasteiger partial charge in [-0.05, 0) is 24.3 Å². The van der Waals surface area contributed by atoms with Gasteiger partial charge in [-0.25, -0.2) is 13.4 Å². The molecule has 14 heteroatoms. The lowest BCUT2D eigenvalue weighted by Crippen LogP contribution is -2.20. The van der Waals surface area contributed by atoms with Crippen LogP contribution in [-0.2, 0) is 10.0 Å². The Hall–Kier alpha value is -4.07. The number of alkyl halides is 2.